The lowest BCUT2D eigenvalue weighted by atomic mass is 9.84. The van der Waals surface area contributed by atoms with Crippen LogP contribution >= 0.6 is 0 Å². The second-order valence-corrected chi connectivity index (χ2v) is 6.46. The number of rotatable bonds is 4. The number of hydrogen-bond acceptors (Lipinski definition) is 4. The van der Waals surface area contributed by atoms with Gasteiger partial charge in [0.25, 0.3) is 0 Å². The van der Waals surface area contributed by atoms with Crippen LogP contribution in [0, 0.1) is 5.41 Å². The van der Waals surface area contributed by atoms with Crippen LogP contribution in [0.15, 0.2) is 6.33 Å². The normalized spacial score (nSPS) is 21.8. The molecule has 1 atom stereocenters. The summed E-state index contributed by atoms with van der Waals surface area (Å²) in [4.78, 5) is 6.98. The molecule has 1 saturated heterocycles. The Morgan fingerprint density at radius 2 is 2.21 bits per heavy atom. The third kappa shape index (κ3) is 3.54. The molecule has 2 rings (SSSR count). The van der Waals surface area contributed by atoms with E-state index >= 15 is 0 Å². The summed E-state index contributed by atoms with van der Waals surface area (Å²) < 4.78 is 2.04. The van der Waals surface area contributed by atoms with E-state index in [1.807, 2.05) is 4.68 Å². The first kappa shape index (κ1) is 14.5. The highest BCUT2D eigenvalue weighted by molar-refractivity contribution is 4.93. The number of aryl methyl sites for hydroxylation is 1. The number of nitrogens with one attached hydrogen (secondary N) is 1. The molecule has 0 radical (unpaired) electrons. The van der Waals surface area contributed by atoms with Crippen LogP contribution in [0.3, 0.4) is 0 Å². The maximum atomic E-state index is 4.44. The van der Waals surface area contributed by atoms with Crippen molar-refractivity contribution in [3.8, 4) is 0 Å². The van der Waals surface area contributed by atoms with Crippen LogP contribution in [0.1, 0.15) is 39.9 Å². The fraction of sp³-hybridized carbons (Fsp3) is 0.857. The van der Waals surface area contributed by atoms with Gasteiger partial charge in [0.05, 0.1) is 6.54 Å². The van der Waals surface area contributed by atoms with Gasteiger partial charge in [-0.1, -0.05) is 27.7 Å². The molecule has 19 heavy (non-hydrogen) atoms. The van der Waals surface area contributed by atoms with Crippen LogP contribution in [0.5, 0.6) is 0 Å². The molecule has 108 valence electrons. The van der Waals surface area contributed by atoms with E-state index in [-0.39, 0.29) is 5.41 Å². The smallest absolute Gasteiger partial charge is 0.141 e. The van der Waals surface area contributed by atoms with Gasteiger partial charge in [-0.2, -0.15) is 5.10 Å². The molecular formula is C14H27N5. The lowest BCUT2D eigenvalue weighted by Gasteiger charge is -2.43. The summed E-state index contributed by atoms with van der Waals surface area (Å²) in [7, 11) is 0. The zero-order valence-corrected chi connectivity index (χ0v) is 12.7. The predicted molar refractivity (Wildman–Crippen MR) is 76.8 cm³/mol. The fourth-order valence-electron chi connectivity index (χ4n) is 2.78. The van der Waals surface area contributed by atoms with Gasteiger partial charge in [0.2, 0.25) is 0 Å². The van der Waals surface area contributed by atoms with Crippen molar-refractivity contribution >= 4 is 0 Å². The van der Waals surface area contributed by atoms with Gasteiger partial charge in [-0.25, -0.2) is 9.67 Å². The van der Waals surface area contributed by atoms with Crippen molar-refractivity contribution in [2.75, 3.05) is 19.6 Å². The van der Waals surface area contributed by atoms with Crippen molar-refractivity contribution in [3.05, 3.63) is 12.2 Å². The largest absolute Gasteiger partial charge is 0.314 e. The second kappa shape index (κ2) is 6.01. The highest BCUT2D eigenvalue weighted by atomic mass is 15.4. The van der Waals surface area contributed by atoms with Crippen LogP contribution in [0.25, 0.3) is 0 Å². The molecule has 1 unspecified atom stereocenters. The minimum absolute atomic E-state index is 0.281. The molecule has 0 aromatic carbocycles. The van der Waals surface area contributed by atoms with Crippen molar-refractivity contribution in [3.63, 3.8) is 0 Å². The number of aromatic nitrogens is 3. The first-order chi connectivity index (χ1) is 9.02. The molecular weight excluding hydrogens is 238 g/mol. The molecule has 1 aromatic rings. The van der Waals surface area contributed by atoms with Crippen LogP contribution < -0.4 is 5.32 Å². The van der Waals surface area contributed by atoms with Crippen LogP contribution in [0.4, 0.5) is 0 Å². The summed E-state index contributed by atoms with van der Waals surface area (Å²) in [5.41, 5.74) is 0.281. The first-order valence-electron chi connectivity index (χ1n) is 7.34. The van der Waals surface area contributed by atoms with E-state index in [0.717, 1.165) is 45.0 Å². The lowest BCUT2D eigenvalue weighted by Crippen LogP contribution is -2.56. The van der Waals surface area contributed by atoms with Gasteiger partial charge < -0.3 is 5.32 Å². The quantitative estimate of drug-likeness (QED) is 0.896. The molecule has 5 nitrogen and oxygen atoms in total. The van der Waals surface area contributed by atoms with Gasteiger partial charge in [0, 0.05) is 32.2 Å². The molecule has 1 fully saturated rings. The standard InChI is InChI=1S/C14H27N5/c1-5-7-19-13(16-11-17-19)10-18-8-6-15-9-12(18)14(2,3)4/h11-12,15H,5-10H2,1-4H3. The summed E-state index contributed by atoms with van der Waals surface area (Å²) in [5.74, 6) is 1.10. The van der Waals surface area contributed by atoms with Crippen molar-refractivity contribution in [1.82, 2.24) is 25.0 Å². The van der Waals surface area contributed by atoms with Gasteiger partial charge in [-0.05, 0) is 11.8 Å². The molecule has 1 aliphatic heterocycles. The molecule has 1 N–H and O–H groups in total. The molecule has 2 heterocycles. The van der Waals surface area contributed by atoms with Crippen LogP contribution in [-0.4, -0.2) is 45.3 Å². The molecule has 0 amide bonds. The summed E-state index contributed by atoms with van der Waals surface area (Å²) in [6, 6.07) is 0.549. The zero-order valence-electron chi connectivity index (χ0n) is 12.7. The Bertz CT molecular complexity index is 393. The van der Waals surface area contributed by atoms with Gasteiger partial charge in [-0.3, -0.25) is 4.90 Å². The van der Waals surface area contributed by atoms with E-state index in [1.54, 1.807) is 6.33 Å². The predicted octanol–water partition coefficient (Wildman–Crippen LogP) is 1.51. The van der Waals surface area contributed by atoms with Crippen molar-refractivity contribution in [2.24, 2.45) is 5.41 Å². The molecule has 5 heteroatoms. The Balaban J connectivity index is 2.09. The maximum Gasteiger partial charge on any atom is 0.141 e. The first-order valence-corrected chi connectivity index (χ1v) is 7.34. The Morgan fingerprint density at radius 3 is 2.89 bits per heavy atom. The van der Waals surface area contributed by atoms with Crippen molar-refractivity contribution in [1.29, 1.82) is 0 Å². The maximum absolute atomic E-state index is 4.44. The van der Waals surface area contributed by atoms with E-state index in [1.165, 1.54) is 0 Å². The zero-order chi connectivity index (χ0) is 13.9. The molecule has 0 spiro atoms. The molecule has 1 aromatic heterocycles. The van der Waals surface area contributed by atoms with E-state index in [9.17, 15) is 0 Å². The molecule has 1 aliphatic rings. The second-order valence-electron chi connectivity index (χ2n) is 6.46. The molecule has 0 bridgehead atoms. The summed E-state index contributed by atoms with van der Waals surface area (Å²) >= 11 is 0. The van der Waals surface area contributed by atoms with E-state index in [0.29, 0.717) is 6.04 Å². The van der Waals surface area contributed by atoms with Crippen molar-refractivity contribution in [2.45, 2.75) is 53.2 Å². The average Bonchev–Trinajstić information content (AvgIpc) is 2.77. The Morgan fingerprint density at radius 1 is 1.42 bits per heavy atom. The minimum Gasteiger partial charge on any atom is -0.314 e. The lowest BCUT2D eigenvalue weighted by molar-refractivity contribution is 0.0654. The van der Waals surface area contributed by atoms with Gasteiger partial charge >= 0.3 is 0 Å². The summed E-state index contributed by atoms with van der Waals surface area (Å²) in [6.45, 7) is 14.2. The fourth-order valence-corrected chi connectivity index (χ4v) is 2.78. The van der Waals surface area contributed by atoms with Gasteiger partial charge in [-0.15, -0.1) is 0 Å². The van der Waals surface area contributed by atoms with E-state index in [2.05, 4.69) is 48.0 Å². The van der Waals surface area contributed by atoms with E-state index < -0.39 is 0 Å². The van der Waals surface area contributed by atoms with Gasteiger partial charge in [0.15, 0.2) is 0 Å². The Kier molecular flexibility index (Phi) is 4.58. The van der Waals surface area contributed by atoms with Crippen LogP contribution in [0.2, 0.25) is 0 Å². The molecule has 0 saturated carbocycles. The average molecular weight is 265 g/mol. The highest BCUT2D eigenvalue weighted by Gasteiger charge is 2.32. The molecule has 0 aliphatic carbocycles. The highest BCUT2D eigenvalue weighted by Crippen LogP contribution is 2.26. The van der Waals surface area contributed by atoms with Crippen LogP contribution in [-0.2, 0) is 13.1 Å². The third-order valence-corrected chi connectivity index (χ3v) is 3.83. The van der Waals surface area contributed by atoms with Crippen molar-refractivity contribution < 1.29 is 0 Å². The topological polar surface area (TPSA) is 46.0 Å². The summed E-state index contributed by atoms with van der Waals surface area (Å²) in [6.07, 6.45) is 2.78. The number of piperazine rings is 1. The SMILES string of the molecule is CCCn1ncnc1CN1CCNCC1C(C)(C)C. The Labute approximate surface area is 116 Å². The van der Waals surface area contributed by atoms with E-state index in [4.69, 9.17) is 0 Å². The number of hydrogen-bond donors (Lipinski definition) is 1. The summed E-state index contributed by atoms with van der Waals surface area (Å²) in [5, 5.41) is 7.83. The minimum atomic E-state index is 0.281. The monoisotopic (exact) mass is 265 g/mol. The number of nitrogens with zero attached hydrogens (tertiary/aromatic N) is 4. The van der Waals surface area contributed by atoms with Gasteiger partial charge in [0.1, 0.15) is 12.2 Å². The third-order valence-electron chi connectivity index (χ3n) is 3.83. The Hall–Kier alpha value is -0.940.